The number of aliphatic imine (C=N–C) groups is 1. The average molecular weight is 923 g/mol. The number of ether oxygens (including phenoxy) is 2. The number of carbonyl (C=O) groups is 4. The van der Waals surface area contributed by atoms with Crippen LogP contribution in [-0.2, 0) is 54.8 Å². The van der Waals surface area contributed by atoms with Gasteiger partial charge in [0, 0.05) is 25.8 Å². The molecule has 1 aliphatic heterocycles. The Balaban J connectivity index is 1.30. The maximum absolute atomic E-state index is 14.3. The fourth-order valence-electron chi connectivity index (χ4n) is 7.98. The van der Waals surface area contributed by atoms with Crippen LogP contribution < -0.4 is 31.1 Å². The molecule has 6 N–H and O–H groups in total. The van der Waals surface area contributed by atoms with Gasteiger partial charge in [-0.15, -0.1) is 0 Å². The second-order valence-corrected chi connectivity index (χ2v) is 20.2. The van der Waals surface area contributed by atoms with Gasteiger partial charge < -0.3 is 31.2 Å². The average Bonchev–Trinajstić information content (AvgIpc) is 3.24. The molecular formula is C51H66N6O8S. The zero-order chi connectivity index (χ0) is 48.2. The first-order chi connectivity index (χ1) is 31.1. The molecule has 15 heteroatoms. The van der Waals surface area contributed by atoms with Crippen molar-refractivity contribution in [3.8, 4) is 5.75 Å². The summed E-state index contributed by atoms with van der Waals surface area (Å²) in [4.78, 5) is 59.8. The van der Waals surface area contributed by atoms with Gasteiger partial charge in [0.25, 0.3) is 10.0 Å². The molecule has 3 atom stereocenters. The van der Waals surface area contributed by atoms with Gasteiger partial charge in [-0.3, -0.25) is 19.4 Å². The quantitative estimate of drug-likeness (QED) is 0.0388. The van der Waals surface area contributed by atoms with Crippen LogP contribution in [0, 0.1) is 20.8 Å². The minimum absolute atomic E-state index is 0.0538. The van der Waals surface area contributed by atoms with Crippen LogP contribution in [0.2, 0.25) is 0 Å². The summed E-state index contributed by atoms with van der Waals surface area (Å²) in [6.07, 6.45) is 1.99. The van der Waals surface area contributed by atoms with Crippen molar-refractivity contribution in [2.24, 2.45) is 10.7 Å². The summed E-state index contributed by atoms with van der Waals surface area (Å²) in [5.74, 6) is -0.954. The molecule has 0 saturated heterocycles. The number of ketones is 1. The van der Waals surface area contributed by atoms with Crippen LogP contribution in [0.15, 0.2) is 101 Å². The van der Waals surface area contributed by atoms with Crippen LogP contribution in [0.5, 0.6) is 5.75 Å². The third-order valence-electron chi connectivity index (χ3n) is 11.5. The highest BCUT2D eigenvalue weighted by Crippen LogP contribution is 2.42. The number of nitrogens with zero attached hydrogens (tertiary/aromatic N) is 1. The lowest BCUT2D eigenvalue weighted by Gasteiger charge is -2.35. The normalized spacial score (nSPS) is 14.9. The van der Waals surface area contributed by atoms with E-state index in [2.05, 4.69) is 25.7 Å². The van der Waals surface area contributed by atoms with E-state index >= 15 is 0 Å². The van der Waals surface area contributed by atoms with E-state index in [1.54, 1.807) is 34.6 Å². The van der Waals surface area contributed by atoms with Crippen molar-refractivity contribution >= 4 is 39.7 Å². The fourth-order valence-corrected chi connectivity index (χ4v) is 9.50. The number of benzene rings is 4. The summed E-state index contributed by atoms with van der Waals surface area (Å²) in [7, 11) is -4.10. The third kappa shape index (κ3) is 14.6. The highest BCUT2D eigenvalue weighted by Gasteiger charge is 2.34. The molecular weight excluding hydrogens is 857 g/mol. The predicted molar refractivity (Wildman–Crippen MR) is 257 cm³/mol. The first kappa shape index (κ1) is 50.8. The zero-order valence-corrected chi connectivity index (χ0v) is 40.3. The number of fused-ring (bicyclic) bond motifs is 1. The Kier molecular flexibility index (Phi) is 17.2. The lowest BCUT2D eigenvalue weighted by atomic mass is 9.88. The predicted octanol–water partition coefficient (Wildman–Crippen LogP) is 6.64. The molecule has 354 valence electrons. The number of carbonyl (C=O) groups excluding carboxylic acids is 4. The van der Waals surface area contributed by atoms with Crippen molar-refractivity contribution < 1.29 is 37.1 Å². The largest absolute Gasteiger partial charge is 0.487 e. The van der Waals surface area contributed by atoms with Gasteiger partial charge >= 0.3 is 6.09 Å². The summed E-state index contributed by atoms with van der Waals surface area (Å²) in [5.41, 5.74) is 10.1. The smallest absolute Gasteiger partial charge is 0.408 e. The number of unbranched alkanes of at least 4 members (excludes halogenated alkanes) is 1. The van der Waals surface area contributed by atoms with Crippen molar-refractivity contribution in [2.75, 3.05) is 6.54 Å². The van der Waals surface area contributed by atoms with E-state index in [1.807, 2.05) is 112 Å². The number of Topliss-reactive ketones (excluding diaryl/α,β-unsaturated/α-hetero) is 1. The van der Waals surface area contributed by atoms with E-state index in [9.17, 15) is 27.6 Å². The van der Waals surface area contributed by atoms with Gasteiger partial charge in [-0.1, -0.05) is 91.0 Å². The van der Waals surface area contributed by atoms with E-state index in [0.717, 1.165) is 40.0 Å². The maximum atomic E-state index is 14.3. The number of hydrogen-bond donors (Lipinski definition) is 5. The number of rotatable bonds is 19. The van der Waals surface area contributed by atoms with Gasteiger partial charge in [0.15, 0.2) is 5.78 Å². The van der Waals surface area contributed by atoms with Crippen LogP contribution in [-0.4, -0.2) is 73.9 Å². The Hall–Kier alpha value is -6.22. The lowest BCUT2D eigenvalue weighted by Crippen LogP contribution is -2.57. The second-order valence-electron chi connectivity index (χ2n) is 18.6. The Labute approximate surface area is 390 Å². The van der Waals surface area contributed by atoms with Crippen molar-refractivity contribution in [3.05, 3.63) is 130 Å². The summed E-state index contributed by atoms with van der Waals surface area (Å²) in [6, 6.07) is 24.4. The zero-order valence-electron chi connectivity index (χ0n) is 39.5. The first-order valence-corrected chi connectivity index (χ1v) is 24.0. The molecule has 1 heterocycles. The molecule has 0 fully saturated rings. The van der Waals surface area contributed by atoms with Crippen molar-refractivity contribution in [2.45, 2.75) is 141 Å². The molecule has 66 heavy (non-hydrogen) atoms. The maximum Gasteiger partial charge on any atom is 0.408 e. The molecule has 4 aromatic rings. The van der Waals surface area contributed by atoms with E-state index in [-0.39, 0.29) is 54.5 Å². The fraction of sp³-hybridized carbons (Fsp3) is 0.431. The standard InChI is InChI=1S/C51H66N6O8S/c1-33-34(2)45(35(3)39-27-28-51(7,8)64-44(33)39)66(62,63)57-48(52)53-29-19-18-26-40(43(58)32-38-24-16-11-17-25-38)54-46(59)41(30-36-20-12-9-13-21-36)55-47(60)42(31-37-22-14-10-15-23-37)56-49(61)65-50(4,5)6/h9-17,20-25,40-42H,18-19,26-32H2,1-8H3,(H,54,59)(H,55,60)(H,56,61)(H3,52,53,57)/t40-,41-,42+/m0/s1. The number of guanidine groups is 1. The highest BCUT2D eigenvalue weighted by atomic mass is 32.2. The van der Waals surface area contributed by atoms with Crippen LogP contribution in [0.25, 0.3) is 0 Å². The van der Waals surface area contributed by atoms with Crippen LogP contribution in [0.3, 0.4) is 0 Å². The number of hydrogen-bond acceptors (Lipinski definition) is 9. The van der Waals surface area contributed by atoms with Crippen LogP contribution in [0.4, 0.5) is 4.79 Å². The highest BCUT2D eigenvalue weighted by molar-refractivity contribution is 7.90. The molecule has 0 aliphatic carbocycles. The van der Waals surface area contributed by atoms with Crippen LogP contribution >= 0.6 is 0 Å². The number of alkyl carbamates (subject to hydrolysis) is 1. The lowest BCUT2D eigenvalue weighted by molar-refractivity contribution is -0.132. The Morgan fingerprint density at radius 1 is 0.742 bits per heavy atom. The number of nitrogens with two attached hydrogens (primary N) is 1. The molecule has 3 amide bonds. The molecule has 0 bridgehead atoms. The molecule has 0 unspecified atom stereocenters. The van der Waals surface area contributed by atoms with E-state index in [1.165, 1.54) is 0 Å². The second kappa shape index (κ2) is 22.3. The minimum atomic E-state index is -4.10. The van der Waals surface area contributed by atoms with Crippen LogP contribution in [0.1, 0.15) is 99.2 Å². The molecule has 0 spiro atoms. The van der Waals surface area contributed by atoms with Gasteiger partial charge in [0.05, 0.1) is 10.9 Å². The molecule has 14 nitrogen and oxygen atoms in total. The topological polar surface area (TPSA) is 207 Å². The molecule has 0 saturated carbocycles. The Morgan fingerprint density at radius 2 is 1.26 bits per heavy atom. The first-order valence-electron chi connectivity index (χ1n) is 22.5. The van der Waals surface area contributed by atoms with Gasteiger partial charge in [-0.2, -0.15) is 0 Å². The summed E-state index contributed by atoms with van der Waals surface area (Å²) >= 11 is 0. The van der Waals surface area contributed by atoms with Crippen molar-refractivity contribution in [1.29, 1.82) is 0 Å². The number of sulfonamides is 1. The molecule has 0 radical (unpaired) electrons. The summed E-state index contributed by atoms with van der Waals surface area (Å²) in [5, 5.41) is 8.49. The Bertz CT molecular complexity index is 2470. The SMILES string of the molecule is Cc1c(C)c(S(=O)(=O)NC(N)=NCCCC[C@H](NC(=O)[C@H](Cc2ccccc2)NC(=O)[C@@H](Cc2ccccc2)NC(=O)OC(C)(C)C)C(=O)Cc2ccccc2)c(C)c2c1OC(C)(C)CC2. The molecule has 1 aliphatic rings. The monoisotopic (exact) mass is 922 g/mol. The molecule has 4 aromatic carbocycles. The third-order valence-corrected chi connectivity index (χ3v) is 13.1. The van der Waals surface area contributed by atoms with Gasteiger partial charge in [-0.05, 0) is 126 Å². The molecule has 5 rings (SSSR count). The van der Waals surface area contributed by atoms with Gasteiger partial charge in [0.1, 0.15) is 29.0 Å². The molecule has 0 aromatic heterocycles. The number of nitrogens with one attached hydrogen (secondary N) is 4. The van der Waals surface area contributed by atoms with E-state index in [0.29, 0.717) is 30.4 Å². The summed E-state index contributed by atoms with van der Waals surface area (Å²) < 4.78 is 41.7. The Morgan fingerprint density at radius 3 is 1.80 bits per heavy atom. The summed E-state index contributed by atoms with van der Waals surface area (Å²) in [6.45, 7) is 14.8. The van der Waals surface area contributed by atoms with Gasteiger partial charge in [-0.25, -0.2) is 17.9 Å². The van der Waals surface area contributed by atoms with E-state index in [4.69, 9.17) is 15.2 Å². The van der Waals surface area contributed by atoms with Gasteiger partial charge in [0.2, 0.25) is 17.8 Å². The van der Waals surface area contributed by atoms with E-state index < -0.39 is 51.7 Å². The van der Waals surface area contributed by atoms with Crippen molar-refractivity contribution in [3.63, 3.8) is 0 Å². The van der Waals surface area contributed by atoms with Crippen molar-refractivity contribution in [1.82, 2.24) is 20.7 Å². The number of amides is 3. The minimum Gasteiger partial charge on any atom is -0.487 e.